The summed E-state index contributed by atoms with van der Waals surface area (Å²) >= 11 is 0. The number of phenolic OH excluding ortho intramolecular Hbond substituents is 1. The molecule has 0 atom stereocenters. The Morgan fingerprint density at radius 2 is 1.35 bits per heavy atom. The van der Waals surface area contributed by atoms with E-state index in [0.717, 1.165) is 28.9 Å². The number of hydrogen-bond donors (Lipinski definition) is 1. The van der Waals surface area contributed by atoms with Crippen LogP contribution in [-0.2, 0) is 6.18 Å². The van der Waals surface area contributed by atoms with Crippen LogP contribution >= 0.6 is 0 Å². The maximum atomic E-state index is 12.8. The van der Waals surface area contributed by atoms with Gasteiger partial charge in [-0.25, -0.2) is 0 Å². The molecule has 3 aromatic carbocycles. The second-order valence-electron chi connectivity index (χ2n) is 8.20. The molecule has 0 fully saturated rings. The predicted molar refractivity (Wildman–Crippen MR) is 120 cm³/mol. The van der Waals surface area contributed by atoms with Crippen molar-refractivity contribution in [2.24, 2.45) is 4.99 Å². The third-order valence-corrected chi connectivity index (χ3v) is 5.25. The monoisotopic (exact) mass is 425 g/mol. The molecule has 1 N–H and O–H groups in total. The van der Waals surface area contributed by atoms with Crippen molar-refractivity contribution in [3.8, 4) is 16.9 Å². The maximum Gasteiger partial charge on any atom is 0.416 e. The van der Waals surface area contributed by atoms with Crippen LogP contribution in [0.4, 0.5) is 18.9 Å². The number of aliphatic imine (C=N–C) groups is 1. The smallest absolute Gasteiger partial charge is 0.416 e. The molecule has 0 aromatic heterocycles. The second kappa shape index (κ2) is 8.96. The van der Waals surface area contributed by atoms with Crippen molar-refractivity contribution >= 4 is 11.9 Å². The van der Waals surface area contributed by atoms with Gasteiger partial charge >= 0.3 is 6.18 Å². The van der Waals surface area contributed by atoms with Crippen LogP contribution in [0.3, 0.4) is 0 Å². The normalized spacial score (nSPS) is 12.3. The van der Waals surface area contributed by atoms with Crippen LogP contribution < -0.4 is 0 Å². The van der Waals surface area contributed by atoms with Gasteiger partial charge in [0.2, 0.25) is 0 Å². The molecule has 0 amide bonds. The van der Waals surface area contributed by atoms with Gasteiger partial charge in [-0.3, -0.25) is 4.99 Å². The van der Waals surface area contributed by atoms with Crippen molar-refractivity contribution in [3.63, 3.8) is 0 Å². The molecule has 5 heteroatoms. The Balaban J connectivity index is 2.00. The first-order chi connectivity index (χ1) is 14.6. The minimum Gasteiger partial charge on any atom is -0.507 e. The molecule has 0 bridgehead atoms. The SMILES string of the molecule is CC(C)c1cccc(C(C)C)c1N=Cc1cc(-c2ccc(C(F)(F)F)cc2)ccc1O. The highest BCUT2D eigenvalue weighted by molar-refractivity contribution is 5.88. The molecule has 0 unspecified atom stereocenters. The number of phenols is 1. The van der Waals surface area contributed by atoms with E-state index in [0.29, 0.717) is 16.7 Å². The van der Waals surface area contributed by atoms with Crippen molar-refractivity contribution < 1.29 is 18.3 Å². The van der Waals surface area contributed by atoms with Crippen LogP contribution in [0, 0.1) is 0 Å². The van der Waals surface area contributed by atoms with E-state index in [1.54, 1.807) is 18.3 Å². The van der Waals surface area contributed by atoms with Gasteiger partial charge in [0.15, 0.2) is 0 Å². The topological polar surface area (TPSA) is 32.6 Å². The number of aromatic hydroxyl groups is 1. The Labute approximate surface area is 181 Å². The third kappa shape index (κ3) is 5.16. The molecule has 0 heterocycles. The number of halogens is 3. The lowest BCUT2D eigenvalue weighted by Crippen LogP contribution is -2.03. The van der Waals surface area contributed by atoms with E-state index < -0.39 is 11.7 Å². The fourth-order valence-electron chi connectivity index (χ4n) is 3.48. The van der Waals surface area contributed by atoms with Crippen molar-refractivity contribution in [2.75, 3.05) is 0 Å². The van der Waals surface area contributed by atoms with Crippen molar-refractivity contribution in [2.45, 2.75) is 45.7 Å². The van der Waals surface area contributed by atoms with E-state index in [2.05, 4.69) is 39.8 Å². The van der Waals surface area contributed by atoms with Gasteiger partial charge in [0.25, 0.3) is 0 Å². The van der Waals surface area contributed by atoms with Gasteiger partial charge in [0.1, 0.15) is 5.75 Å². The van der Waals surface area contributed by atoms with Crippen molar-refractivity contribution in [3.05, 3.63) is 82.9 Å². The lowest BCUT2D eigenvalue weighted by molar-refractivity contribution is -0.137. The van der Waals surface area contributed by atoms with Gasteiger partial charge in [0, 0.05) is 11.8 Å². The Bertz CT molecular complexity index is 1050. The molecule has 162 valence electrons. The van der Waals surface area contributed by atoms with E-state index in [9.17, 15) is 18.3 Å². The summed E-state index contributed by atoms with van der Waals surface area (Å²) in [6.45, 7) is 8.45. The standard InChI is InChI=1S/C26H26F3NO/c1-16(2)22-6-5-7-23(17(3)4)25(22)30-15-20-14-19(10-13-24(20)31)18-8-11-21(12-9-18)26(27,28)29/h5-17,31H,1-4H3. The first-order valence-corrected chi connectivity index (χ1v) is 10.3. The molecule has 0 spiro atoms. The van der Waals surface area contributed by atoms with E-state index in [-0.39, 0.29) is 17.6 Å². The van der Waals surface area contributed by atoms with Crippen LogP contribution in [0.25, 0.3) is 11.1 Å². The highest BCUT2D eigenvalue weighted by Crippen LogP contribution is 2.35. The highest BCUT2D eigenvalue weighted by atomic mass is 19.4. The molecular weight excluding hydrogens is 399 g/mol. The Kier molecular flexibility index (Phi) is 6.54. The zero-order chi connectivity index (χ0) is 22.8. The minimum atomic E-state index is -4.37. The van der Waals surface area contributed by atoms with Crippen LogP contribution in [0.1, 0.15) is 61.8 Å². The zero-order valence-electron chi connectivity index (χ0n) is 18.0. The van der Waals surface area contributed by atoms with Gasteiger partial charge in [0.05, 0.1) is 11.3 Å². The molecule has 0 aliphatic carbocycles. The Morgan fingerprint density at radius 1 is 0.806 bits per heavy atom. The molecule has 2 nitrogen and oxygen atoms in total. The summed E-state index contributed by atoms with van der Waals surface area (Å²) in [5, 5.41) is 10.3. The Hall–Kier alpha value is -3.08. The van der Waals surface area contributed by atoms with E-state index in [1.165, 1.54) is 18.2 Å². The van der Waals surface area contributed by atoms with Crippen LogP contribution in [0.2, 0.25) is 0 Å². The quantitative estimate of drug-likeness (QED) is 0.412. The second-order valence-corrected chi connectivity index (χ2v) is 8.20. The number of nitrogens with zero attached hydrogens (tertiary/aromatic N) is 1. The highest BCUT2D eigenvalue weighted by Gasteiger charge is 2.30. The van der Waals surface area contributed by atoms with Crippen LogP contribution in [0.15, 0.2) is 65.7 Å². The summed E-state index contributed by atoms with van der Waals surface area (Å²) in [6, 6.07) is 16.1. The average Bonchev–Trinajstić information content (AvgIpc) is 2.72. The molecule has 0 radical (unpaired) electrons. The molecule has 0 saturated carbocycles. The van der Waals surface area contributed by atoms with E-state index in [4.69, 9.17) is 4.99 Å². The first kappa shape index (κ1) is 22.6. The van der Waals surface area contributed by atoms with Gasteiger partial charge in [-0.15, -0.1) is 0 Å². The summed E-state index contributed by atoms with van der Waals surface area (Å²) in [7, 11) is 0. The maximum absolute atomic E-state index is 12.8. The summed E-state index contributed by atoms with van der Waals surface area (Å²) in [4.78, 5) is 4.73. The fourth-order valence-corrected chi connectivity index (χ4v) is 3.48. The van der Waals surface area contributed by atoms with Gasteiger partial charge in [-0.1, -0.05) is 64.1 Å². The number of hydrogen-bond acceptors (Lipinski definition) is 2. The molecule has 31 heavy (non-hydrogen) atoms. The molecule has 3 rings (SSSR count). The van der Waals surface area contributed by atoms with Crippen molar-refractivity contribution in [1.29, 1.82) is 0 Å². The zero-order valence-corrected chi connectivity index (χ0v) is 18.0. The van der Waals surface area contributed by atoms with E-state index in [1.807, 2.05) is 6.07 Å². The molecule has 0 aliphatic rings. The lowest BCUT2D eigenvalue weighted by atomic mass is 9.93. The molecule has 0 saturated heterocycles. The summed E-state index contributed by atoms with van der Waals surface area (Å²) < 4.78 is 38.5. The van der Waals surface area contributed by atoms with Crippen molar-refractivity contribution in [1.82, 2.24) is 0 Å². The van der Waals surface area contributed by atoms with Gasteiger partial charge < -0.3 is 5.11 Å². The number of rotatable bonds is 5. The summed E-state index contributed by atoms with van der Waals surface area (Å²) in [5.41, 5.74) is 4.30. The number of alkyl halides is 3. The van der Waals surface area contributed by atoms with Gasteiger partial charge in [-0.05, 0) is 58.4 Å². The summed E-state index contributed by atoms with van der Waals surface area (Å²) in [5.74, 6) is 0.642. The third-order valence-electron chi connectivity index (χ3n) is 5.25. The molecule has 3 aromatic rings. The minimum absolute atomic E-state index is 0.0625. The van der Waals surface area contributed by atoms with E-state index >= 15 is 0 Å². The Morgan fingerprint density at radius 3 is 1.87 bits per heavy atom. The lowest BCUT2D eigenvalue weighted by Gasteiger charge is -2.16. The average molecular weight is 425 g/mol. The van der Waals surface area contributed by atoms with Gasteiger partial charge in [-0.2, -0.15) is 13.2 Å². The molecule has 0 aliphatic heterocycles. The summed E-state index contributed by atoms with van der Waals surface area (Å²) in [6.07, 6.45) is -2.75. The fraction of sp³-hybridized carbons (Fsp3) is 0.269. The molecular formula is C26H26F3NO. The number of benzene rings is 3. The largest absolute Gasteiger partial charge is 0.507 e. The van der Waals surface area contributed by atoms with Crippen LogP contribution in [-0.4, -0.2) is 11.3 Å². The van der Waals surface area contributed by atoms with Crippen LogP contribution in [0.5, 0.6) is 5.75 Å². The number of para-hydroxylation sites is 1. The first-order valence-electron chi connectivity index (χ1n) is 10.3. The predicted octanol–water partition coefficient (Wildman–Crippen LogP) is 8.08.